The molecule has 1 aliphatic heterocycles. The first kappa shape index (κ1) is 20.7. The number of Topliss-reactive ketones (excluding diaryl/α,β-unsaturated/α-hetero) is 1. The van der Waals surface area contributed by atoms with E-state index in [1.165, 1.54) is 27.8 Å². The zero-order valence-corrected chi connectivity index (χ0v) is 17.5. The van der Waals surface area contributed by atoms with E-state index < -0.39 is 0 Å². The summed E-state index contributed by atoms with van der Waals surface area (Å²) in [6.45, 7) is 16.5. The largest absolute Gasteiger partial charge is 0.321 e. The number of aryl methyl sites for hydroxylation is 2. The molecule has 0 radical (unpaired) electrons. The molecule has 0 aliphatic carbocycles. The molecule has 0 atom stereocenters. The molecule has 2 nitrogen and oxygen atoms in total. The van der Waals surface area contributed by atoms with Gasteiger partial charge in [-0.25, -0.2) is 0 Å². The molecule has 0 bridgehead atoms. The van der Waals surface area contributed by atoms with Crippen LogP contribution in [0.25, 0.3) is 6.08 Å². The van der Waals surface area contributed by atoms with Crippen LogP contribution in [0.5, 0.6) is 0 Å². The van der Waals surface area contributed by atoms with Crippen LogP contribution in [-0.2, 0) is 11.2 Å². The summed E-state index contributed by atoms with van der Waals surface area (Å²) >= 11 is 0. The second-order valence-corrected chi connectivity index (χ2v) is 7.12. The van der Waals surface area contributed by atoms with E-state index in [0.29, 0.717) is 5.57 Å². The second kappa shape index (κ2) is 8.85. The van der Waals surface area contributed by atoms with Gasteiger partial charge in [0.25, 0.3) is 0 Å². The Kier molecular flexibility index (Phi) is 6.79. The van der Waals surface area contributed by atoms with Crippen molar-refractivity contribution in [1.29, 1.82) is 0 Å². The Morgan fingerprint density at radius 3 is 2.41 bits per heavy atom. The molecule has 0 spiro atoms. The first-order valence-electron chi connectivity index (χ1n) is 9.65. The number of benzene rings is 1. The lowest BCUT2D eigenvalue weighted by Gasteiger charge is -2.28. The fraction of sp³-hybridized carbons (Fsp3) is 0.320. The molecule has 0 saturated carbocycles. The van der Waals surface area contributed by atoms with Gasteiger partial charge < -0.3 is 4.90 Å². The molecule has 142 valence electrons. The van der Waals surface area contributed by atoms with Crippen molar-refractivity contribution in [3.05, 3.63) is 87.9 Å². The van der Waals surface area contributed by atoms with Crippen LogP contribution in [0.4, 0.5) is 0 Å². The Bertz CT molecular complexity index is 878. The first-order chi connectivity index (χ1) is 12.8. The number of ketones is 1. The molecular weight excluding hydrogens is 330 g/mol. The Balaban J connectivity index is 2.38. The monoisotopic (exact) mass is 361 g/mol. The van der Waals surface area contributed by atoms with Gasteiger partial charge in [0.1, 0.15) is 0 Å². The zero-order chi connectivity index (χ0) is 20.1. The molecule has 1 heterocycles. The maximum Gasteiger partial charge on any atom is 0.159 e. The Morgan fingerprint density at radius 1 is 1.19 bits per heavy atom. The summed E-state index contributed by atoms with van der Waals surface area (Å²) in [5, 5.41) is 0. The predicted octanol–water partition coefficient (Wildman–Crippen LogP) is 6.50. The van der Waals surface area contributed by atoms with E-state index in [9.17, 15) is 4.79 Å². The van der Waals surface area contributed by atoms with Crippen LogP contribution in [0.2, 0.25) is 0 Å². The molecule has 0 N–H and O–H groups in total. The highest BCUT2D eigenvalue weighted by Gasteiger charge is 2.16. The number of carbonyl (C=O) groups is 1. The van der Waals surface area contributed by atoms with Gasteiger partial charge in [-0.2, -0.15) is 0 Å². The molecule has 1 aromatic carbocycles. The third-order valence-electron chi connectivity index (χ3n) is 5.18. The number of hydrogen-bond donors (Lipinski definition) is 0. The topological polar surface area (TPSA) is 20.3 Å². The van der Waals surface area contributed by atoms with Crippen molar-refractivity contribution in [3.8, 4) is 0 Å². The molecule has 1 aliphatic rings. The predicted molar refractivity (Wildman–Crippen MR) is 116 cm³/mol. The molecule has 0 fully saturated rings. The normalized spacial score (nSPS) is 15.6. The van der Waals surface area contributed by atoms with Crippen LogP contribution >= 0.6 is 0 Å². The minimum absolute atomic E-state index is 0.0616. The lowest BCUT2D eigenvalue weighted by atomic mass is 9.96. The van der Waals surface area contributed by atoms with Crippen molar-refractivity contribution < 1.29 is 4.79 Å². The summed E-state index contributed by atoms with van der Waals surface area (Å²) < 4.78 is 0. The Morgan fingerprint density at radius 2 is 1.89 bits per heavy atom. The fourth-order valence-electron chi connectivity index (χ4n) is 3.50. The average molecular weight is 362 g/mol. The molecule has 0 aromatic heterocycles. The third kappa shape index (κ3) is 4.77. The van der Waals surface area contributed by atoms with Crippen molar-refractivity contribution >= 4 is 11.9 Å². The molecule has 27 heavy (non-hydrogen) atoms. The van der Waals surface area contributed by atoms with Crippen molar-refractivity contribution in [1.82, 2.24) is 4.90 Å². The molecule has 0 saturated heterocycles. The minimum Gasteiger partial charge on any atom is -0.321 e. The summed E-state index contributed by atoms with van der Waals surface area (Å²) in [7, 11) is 0. The highest BCUT2D eigenvalue weighted by Crippen LogP contribution is 2.29. The summed E-state index contributed by atoms with van der Waals surface area (Å²) in [4.78, 5) is 13.7. The highest BCUT2D eigenvalue weighted by atomic mass is 16.1. The molecule has 1 aromatic rings. The quantitative estimate of drug-likeness (QED) is 0.539. The standard InChI is InChI=1S/C25H31NO/c1-8-22-10-11-23(17(3)14-22)15-18(4)25(9-2)20(6)26-13-12-24(21(7)27)16-19(26)5/h10-16H,5,8-9H2,1-4,6-7H3/b18-15+,25-20+. The van der Waals surface area contributed by atoms with E-state index >= 15 is 0 Å². The number of carbonyl (C=O) groups excluding carboxylic acids is 1. The zero-order valence-electron chi connectivity index (χ0n) is 17.5. The second-order valence-electron chi connectivity index (χ2n) is 7.12. The van der Waals surface area contributed by atoms with Crippen molar-refractivity contribution in [3.63, 3.8) is 0 Å². The van der Waals surface area contributed by atoms with Gasteiger partial charge in [0.05, 0.1) is 0 Å². The van der Waals surface area contributed by atoms with Crippen LogP contribution in [-0.4, -0.2) is 10.7 Å². The highest BCUT2D eigenvalue weighted by molar-refractivity contribution is 5.96. The van der Waals surface area contributed by atoms with Gasteiger partial charge in [-0.1, -0.05) is 44.7 Å². The number of rotatable bonds is 6. The molecule has 2 rings (SSSR count). The van der Waals surface area contributed by atoms with Crippen LogP contribution < -0.4 is 0 Å². The summed E-state index contributed by atoms with van der Waals surface area (Å²) in [6, 6.07) is 6.68. The summed E-state index contributed by atoms with van der Waals surface area (Å²) in [5.74, 6) is 0.0616. The number of nitrogens with zero attached hydrogens (tertiary/aromatic N) is 1. The third-order valence-corrected chi connectivity index (χ3v) is 5.18. The van der Waals surface area contributed by atoms with Crippen molar-refractivity contribution in [2.75, 3.05) is 0 Å². The van der Waals surface area contributed by atoms with Gasteiger partial charge in [-0.15, -0.1) is 0 Å². The maximum atomic E-state index is 11.6. The summed E-state index contributed by atoms with van der Waals surface area (Å²) in [5.41, 5.74) is 9.14. The SMILES string of the molecule is C=C1C=C(C(C)=O)C=CN1/C(C)=C(CC)/C(C)=C/c1ccc(CC)cc1C. The van der Waals surface area contributed by atoms with E-state index in [-0.39, 0.29) is 5.78 Å². The van der Waals surface area contributed by atoms with Crippen molar-refractivity contribution in [2.45, 2.75) is 54.4 Å². The molecule has 2 heteroatoms. The van der Waals surface area contributed by atoms with E-state index in [4.69, 9.17) is 0 Å². The number of allylic oxidation sites excluding steroid dienone is 6. The van der Waals surface area contributed by atoms with E-state index in [0.717, 1.165) is 24.2 Å². The van der Waals surface area contributed by atoms with Gasteiger partial charge in [0.2, 0.25) is 0 Å². The van der Waals surface area contributed by atoms with Crippen LogP contribution in [0.1, 0.15) is 57.7 Å². The lowest BCUT2D eigenvalue weighted by Crippen LogP contribution is -2.18. The smallest absolute Gasteiger partial charge is 0.159 e. The van der Waals surface area contributed by atoms with Crippen LogP contribution in [0, 0.1) is 6.92 Å². The molecule has 0 amide bonds. The Hall–Kier alpha value is -2.61. The van der Waals surface area contributed by atoms with Gasteiger partial charge in [0, 0.05) is 23.2 Å². The van der Waals surface area contributed by atoms with Gasteiger partial charge in [-0.05, 0) is 80.5 Å². The first-order valence-corrected chi connectivity index (χ1v) is 9.65. The van der Waals surface area contributed by atoms with Crippen LogP contribution in [0.15, 0.2) is 71.2 Å². The maximum absolute atomic E-state index is 11.6. The van der Waals surface area contributed by atoms with E-state index in [1.54, 1.807) is 6.92 Å². The van der Waals surface area contributed by atoms with Crippen molar-refractivity contribution in [2.24, 2.45) is 0 Å². The lowest BCUT2D eigenvalue weighted by molar-refractivity contribution is -0.113. The Labute approximate surface area is 164 Å². The average Bonchev–Trinajstić information content (AvgIpc) is 2.63. The van der Waals surface area contributed by atoms with Crippen LogP contribution in [0.3, 0.4) is 0 Å². The molecule has 0 unspecified atom stereocenters. The van der Waals surface area contributed by atoms with Gasteiger partial charge in [-0.3, -0.25) is 4.79 Å². The molecular formula is C25H31NO. The summed E-state index contributed by atoms with van der Waals surface area (Å²) in [6.07, 6.45) is 9.92. The fourth-order valence-corrected chi connectivity index (χ4v) is 3.50. The van der Waals surface area contributed by atoms with Gasteiger partial charge >= 0.3 is 0 Å². The van der Waals surface area contributed by atoms with E-state index in [1.807, 2.05) is 18.4 Å². The minimum atomic E-state index is 0.0616. The number of hydrogen-bond acceptors (Lipinski definition) is 2. The van der Waals surface area contributed by atoms with Gasteiger partial charge in [0.15, 0.2) is 5.78 Å². The van der Waals surface area contributed by atoms with E-state index in [2.05, 4.69) is 70.4 Å².